The first kappa shape index (κ1) is 15.6. The summed E-state index contributed by atoms with van der Waals surface area (Å²) < 4.78 is 0. The molecular formula is C18H19N5O. The van der Waals surface area contributed by atoms with Crippen LogP contribution >= 0.6 is 0 Å². The number of benzene rings is 2. The molecule has 6 nitrogen and oxygen atoms in total. The molecule has 2 amide bonds. The minimum absolute atomic E-state index is 0.291. The predicted molar refractivity (Wildman–Crippen MR) is 96.9 cm³/mol. The van der Waals surface area contributed by atoms with E-state index in [1.165, 1.54) is 5.56 Å². The lowest BCUT2D eigenvalue weighted by atomic mass is 10.1. The van der Waals surface area contributed by atoms with E-state index < -0.39 is 0 Å². The zero-order chi connectivity index (χ0) is 16.9. The number of H-pyrrole nitrogens is 1. The maximum atomic E-state index is 12.1. The van der Waals surface area contributed by atoms with Crippen molar-refractivity contribution in [1.82, 2.24) is 9.97 Å². The van der Waals surface area contributed by atoms with Gasteiger partial charge in [0.2, 0.25) is 0 Å². The van der Waals surface area contributed by atoms with Gasteiger partial charge >= 0.3 is 6.03 Å². The summed E-state index contributed by atoms with van der Waals surface area (Å²) in [6.45, 7) is 2.09. The number of urea groups is 1. The number of hydrogen-bond acceptors (Lipinski definition) is 3. The fraction of sp³-hybridized carbons (Fsp3) is 0.111. The summed E-state index contributed by atoms with van der Waals surface area (Å²) in [6, 6.07) is 14.9. The second kappa shape index (κ2) is 6.87. The van der Waals surface area contributed by atoms with E-state index in [0.29, 0.717) is 11.6 Å². The number of imidazole rings is 1. The highest BCUT2D eigenvalue weighted by Crippen LogP contribution is 2.21. The van der Waals surface area contributed by atoms with Gasteiger partial charge in [-0.2, -0.15) is 0 Å². The Morgan fingerprint density at radius 2 is 1.88 bits per heavy atom. The standard InChI is InChI=1S/C18H19N5O/c1-2-12-6-8-14(9-7-12)21-18(24)22-15-5-3-4-13(10-15)16-11-20-17(19)23-16/h3-11H,2H2,1H3,(H3,19,20,23)(H2,21,22,24). The molecule has 0 aliphatic rings. The number of anilines is 3. The summed E-state index contributed by atoms with van der Waals surface area (Å²) >= 11 is 0. The smallest absolute Gasteiger partial charge is 0.323 e. The minimum atomic E-state index is -0.291. The highest BCUT2D eigenvalue weighted by Gasteiger charge is 2.06. The molecule has 1 aromatic heterocycles. The fourth-order valence-electron chi connectivity index (χ4n) is 2.37. The van der Waals surface area contributed by atoms with E-state index in [2.05, 4.69) is 27.5 Å². The summed E-state index contributed by atoms with van der Waals surface area (Å²) in [5.41, 5.74) is 9.95. The van der Waals surface area contributed by atoms with E-state index in [9.17, 15) is 4.79 Å². The Bertz CT molecular complexity index is 839. The van der Waals surface area contributed by atoms with Crippen LogP contribution in [0.25, 0.3) is 11.3 Å². The molecule has 122 valence electrons. The Hall–Kier alpha value is -3.28. The van der Waals surface area contributed by atoms with Gasteiger partial charge in [0.1, 0.15) is 0 Å². The first-order chi connectivity index (χ1) is 11.6. The number of aromatic nitrogens is 2. The van der Waals surface area contributed by atoms with Crippen molar-refractivity contribution in [3.8, 4) is 11.3 Å². The lowest BCUT2D eigenvalue weighted by molar-refractivity contribution is 0.262. The molecular weight excluding hydrogens is 302 g/mol. The number of nitrogens with zero attached hydrogens (tertiary/aromatic N) is 1. The maximum absolute atomic E-state index is 12.1. The third-order valence-electron chi connectivity index (χ3n) is 3.65. The van der Waals surface area contributed by atoms with E-state index in [-0.39, 0.29) is 6.03 Å². The van der Waals surface area contributed by atoms with Crippen LogP contribution in [0.15, 0.2) is 54.7 Å². The van der Waals surface area contributed by atoms with E-state index in [0.717, 1.165) is 23.4 Å². The van der Waals surface area contributed by atoms with Gasteiger partial charge in [-0.05, 0) is 36.2 Å². The molecule has 1 heterocycles. The zero-order valence-corrected chi connectivity index (χ0v) is 13.3. The predicted octanol–water partition coefficient (Wildman–Crippen LogP) is 3.87. The second-order valence-electron chi connectivity index (χ2n) is 5.39. The molecule has 0 saturated heterocycles. The van der Waals surface area contributed by atoms with E-state index in [1.54, 1.807) is 6.20 Å². The molecule has 0 aliphatic heterocycles. The van der Waals surface area contributed by atoms with Crippen molar-refractivity contribution in [3.63, 3.8) is 0 Å². The van der Waals surface area contributed by atoms with Crippen LogP contribution in [-0.2, 0) is 6.42 Å². The highest BCUT2D eigenvalue weighted by atomic mass is 16.2. The van der Waals surface area contributed by atoms with Gasteiger partial charge in [-0.25, -0.2) is 9.78 Å². The van der Waals surface area contributed by atoms with Gasteiger partial charge in [0.25, 0.3) is 0 Å². The molecule has 5 N–H and O–H groups in total. The van der Waals surface area contributed by atoms with Crippen LogP contribution in [0.4, 0.5) is 22.1 Å². The fourth-order valence-corrected chi connectivity index (χ4v) is 2.37. The number of nitrogens with two attached hydrogens (primary N) is 1. The van der Waals surface area contributed by atoms with Gasteiger partial charge in [-0.1, -0.05) is 31.2 Å². The second-order valence-corrected chi connectivity index (χ2v) is 5.39. The van der Waals surface area contributed by atoms with Crippen LogP contribution < -0.4 is 16.4 Å². The molecule has 0 atom stereocenters. The average Bonchev–Trinajstić information content (AvgIpc) is 3.02. The first-order valence-corrected chi connectivity index (χ1v) is 7.72. The lowest BCUT2D eigenvalue weighted by Crippen LogP contribution is -2.19. The average molecular weight is 321 g/mol. The minimum Gasteiger partial charge on any atom is -0.369 e. The van der Waals surface area contributed by atoms with Gasteiger partial charge in [0.15, 0.2) is 5.95 Å². The van der Waals surface area contributed by atoms with Gasteiger partial charge < -0.3 is 21.4 Å². The molecule has 0 spiro atoms. The van der Waals surface area contributed by atoms with Crippen molar-refractivity contribution >= 4 is 23.4 Å². The third-order valence-corrected chi connectivity index (χ3v) is 3.65. The Kier molecular flexibility index (Phi) is 4.47. The number of nitrogens with one attached hydrogen (secondary N) is 3. The summed E-state index contributed by atoms with van der Waals surface area (Å²) in [7, 11) is 0. The Morgan fingerprint density at radius 1 is 1.12 bits per heavy atom. The van der Waals surface area contributed by atoms with Crippen molar-refractivity contribution in [2.45, 2.75) is 13.3 Å². The molecule has 0 radical (unpaired) electrons. The Balaban J connectivity index is 1.67. The number of aryl methyl sites for hydroxylation is 1. The van der Waals surface area contributed by atoms with Crippen LogP contribution in [0.1, 0.15) is 12.5 Å². The van der Waals surface area contributed by atoms with Gasteiger partial charge in [0, 0.05) is 16.9 Å². The van der Waals surface area contributed by atoms with Crippen molar-refractivity contribution in [2.24, 2.45) is 0 Å². The summed E-state index contributed by atoms with van der Waals surface area (Å²) in [5, 5.41) is 5.64. The molecule has 0 unspecified atom stereocenters. The van der Waals surface area contributed by atoms with Gasteiger partial charge in [-0.3, -0.25) is 0 Å². The largest absolute Gasteiger partial charge is 0.369 e. The van der Waals surface area contributed by atoms with Crippen molar-refractivity contribution in [3.05, 3.63) is 60.3 Å². The van der Waals surface area contributed by atoms with Crippen LogP contribution in [0.5, 0.6) is 0 Å². The van der Waals surface area contributed by atoms with Crippen molar-refractivity contribution in [2.75, 3.05) is 16.4 Å². The van der Waals surface area contributed by atoms with Crippen LogP contribution in [-0.4, -0.2) is 16.0 Å². The highest BCUT2D eigenvalue weighted by molar-refractivity contribution is 6.00. The summed E-state index contributed by atoms with van der Waals surface area (Å²) in [6.07, 6.45) is 2.63. The molecule has 0 fully saturated rings. The Morgan fingerprint density at radius 3 is 2.54 bits per heavy atom. The molecule has 6 heteroatoms. The van der Waals surface area contributed by atoms with Crippen molar-refractivity contribution in [1.29, 1.82) is 0 Å². The number of amides is 2. The number of hydrogen-bond donors (Lipinski definition) is 4. The summed E-state index contributed by atoms with van der Waals surface area (Å²) in [5.74, 6) is 0.358. The molecule has 0 aliphatic carbocycles. The monoisotopic (exact) mass is 321 g/mol. The molecule has 24 heavy (non-hydrogen) atoms. The van der Waals surface area contributed by atoms with Crippen LogP contribution in [0.2, 0.25) is 0 Å². The van der Waals surface area contributed by atoms with Crippen LogP contribution in [0.3, 0.4) is 0 Å². The van der Waals surface area contributed by atoms with Gasteiger partial charge in [0.05, 0.1) is 11.9 Å². The number of nitrogen functional groups attached to an aromatic ring is 1. The normalized spacial score (nSPS) is 10.4. The van der Waals surface area contributed by atoms with Gasteiger partial charge in [-0.15, -0.1) is 0 Å². The van der Waals surface area contributed by atoms with E-state index in [1.807, 2.05) is 48.5 Å². The molecule has 0 bridgehead atoms. The van der Waals surface area contributed by atoms with Crippen LogP contribution in [0, 0.1) is 0 Å². The molecule has 3 aromatic rings. The van der Waals surface area contributed by atoms with E-state index >= 15 is 0 Å². The SMILES string of the molecule is CCc1ccc(NC(=O)Nc2cccc(-c3cnc(N)[nH]3)c2)cc1. The number of rotatable bonds is 4. The summed E-state index contributed by atoms with van der Waals surface area (Å²) in [4.78, 5) is 19.1. The topological polar surface area (TPSA) is 95.8 Å². The van der Waals surface area contributed by atoms with Crippen molar-refractivity contribution < 1.29 is 4.79 Å². The zero-order valence-electron chi connectivity index (χ0n) is 13.3. The molecule has 2 aromatic carbocycles. The number of carbonyl (C=O) groups is 1. The molecule has 3 rings (SSSR count). The quantitative estimate of drug-likeness (QED) is 0.587. The Labute approximate surface area is 140 Å². The number of carbonyl (C=O) groups excluding carboxylic acids is 1. The molecule has 0 saturated carbocycles. The first-order valence-electron chi connectivity index (χ1n) is 7.72. The third kappa shape index (κ3) is 3.73. The number of aromatic amines is 1. The maximum Gasteiger partial charge on any atom is 0.323 e. The lowest BCUT2D eigenvalue weighted by Gasteiger charge is -2.09. The van der Waals surface area contributed by atoms with E-state index in [4.69, 9.17) is 5.73 Å².